The number of carbonyl (C=O) groups excluding carboxylic acids is 2. The Balaban J connectivity index is 1.55. The fourth-order valence-electron chi connectivity index (χ4n) is 3.32. The van der Waals surface area contributed by atoms with Gasteiger partial charge in [-0.05, 0) is 55.5 Å². The van der Waals surface area contributed by atoms with Gasteiger partial charge < -0.3 is 14.1 Å². The molecule has 2 aromatic carbocycles. The molecule has 8 heteroatoms. The molecule has 168 valence electrons. The maximum atomic E-state index is 13.0. The van der Waals surface area contributed by atoms with Gasteiger partial charge in [0.05, 0.1) is 22.8 Å². The molecule has 1 aliphatic rings. The molecule has 1 aliphatic heterocycles. The van der Waals surface area contributed by atoms with Gasteiger partial charge in [0.25, 0.3) is 5.91 Å². The minimum absolute atomic E-state index is 0.190. The molecule has 0 saturated carbocycles. The van der Waals surface area contributed by atoms with Crippen molar-refractivity contribution in [3.8, 4) is 11.3 Å². The zero-order chi connectivity index (χ0) is 23.5. The molecule has 33 heavy (non-hydrogen) atoms. The van der Waals surface area contributed by atoms with Crippen LogP contribution in [-0.2, 0) is 9.53 Å². The lowest BCUT2D eigenvalue weighted by atomic mass is 10.1. The second-order valence-corrected chi connectivity index (χ2v) is 9.11. The first-order chi connectivity index (χ1) is 15.9. The van der Waals surface area contributed by atoms with Crippen LogP contribution in [0.5, 0.6) is 0 Å². The van der Waals surface area contributed by atoms with E-state index in [2.05, 4.69) is 0 Å². The van der Waals surface area contributed by atoms with Crippen LogP contribution in [0.15, 0.2) is 70.0 Å². The normalized spacial score (nSPS) is 14.8. The number of hydrogen-bond acceptors (Lipinski definition) is 7. The number of carbonyl (C=O) groups is 2. The molecule has 1 fully saturated rings. The molecule has 0 aliphatic carbocycles. The van der Waals surface area contributed by atoms with Gasteiger partial charge in [0.15, 0.2) is 4.32 Å². The molecular formula is C25H22N2O4S2. The molecular weight excluding hydrogens is 456 g/mol. The lowest BCUT2D eigenvalue weighted by Gasteiger charge is -2.17. The maximum absolute atomic E-state index is 13.0. The summed E-state index contributed by atoms with van der Waals surface area (Å²) in [5, 5.41) is 0. The largest absolute Gasteiger partial charge is 0.462 e. The third-order valence-corrected chi connectivity index (χ3v) is 6.28. The summed E-state index contributed by atoms with van der Waals surface area (Å²) in [5.74, 6) is 0.537. The highest BCUT2D eigenvalue weighted by molar-refractivity contribution is 8.27. The van der Waals surface area contributed by atoms with Crippen LogP contribution in [0.25, 0.3) is 17.4 Å². The van der Waals surface area contributed by atoms with E-state index in [0.717, 1.165) is 16.9 Å². The van der Waals surface area contributed by atoms with E-state index in [1.807, 2.05) is 49.3 Å². The molecule has 0 radical (unpaired) electrons. The van der Waals surface area contributed by atoms with Crippen LogP contribution < -0.4 is 9.80 Å². The van der Waals surface area contributed by atoms with Gasteiger partial charge >= 0.3 is 5.97 Å². The number of esters is 1. The number of ether oxygens (including phenoxy) is 1. The highest BCUT2D eigenvalue weighted by atomic mass is 32.2. The van der Waals surface area contributed by atoms with Crippen molar-refractivity contribution in [1.82, 2.24) is 0 Å². The third-order valence-electron chi connectivity index (χ3n) is 4.98. The Bertz CT molecular complexity index is 1250. The van der Waals surface area contributed by atoms with Gasteiger partial charge in [0.1, 0.15) is 11.5 Å². The van der Waals surface area contributed by atoms with E-state index in [1.165, 1.54) is 16.7 Å². The number of hydrogen-bond donors (Lipinski definition) is 0. The fraction of sp³-hybridized carbons (Fsp3) is 0.160. The first kappa shape index (κ1) is 22.8. The van der Waals surface area contributed by atoms with Crippen LogP contribution in [0.2, 0.25) is 0 Å². The highest BCUT2D eigenvalue weighted by Crippen LogP contribution is 2.37. The zero-order valence-electron chi connectivity index (χ0n) is 18.4. The predicted octanol–water partition coefficient (Wildman–Crippen LogP) is 5.60. The van der Waals surface area contributed by atoms with Gasteiger partial charge in [0, 0.05) is 31.4 Å². The summed E-state index contributed by atoms with van der Waals surface area (Å²) < 4.78 is 11.5. The fourth-order valence-corrected chi connectivity index (χ4v) is 4.60. The van der Waals surface area contributed by atoms with Crippen LogP contribution in [-0.4, -0.2) is 36.9 Å². The van der Waals surface area contributed by atoms with Gasteiger partial charge in [-0.15, -0.1) is 0 Å². The maximum Gasteiger partial charge on any atom is 0.338 e. The summed E-state index contributed by atoms with van der Waals surface area (Å²) in [6.07, 6.45) is 1.69. The van der Waals surface area contributed by atoms with Crippen LogP contribution in [0.1, 0.15) is 23.0 Å². The molecule has 6 nitrogen and oxygen atoms in total. The molecule has 1 amide bonds. The molecule has 0 unspecified atom stereocenters. The Morgan fingerprint density at radius 1 is 1.15 bits per heavy atom. The second kappa shape index (κ2) is 9.64. The standard InChI is InChI=1S/C25H22N2O4S2/c1-4-30-24(29)17-7-5-6-16(14-17)21-13-12-20(31-21)15-22-23(28)27(25(32)33-22)19-10-8-18(9-11-19)26(2)3/h5-15H,4H2,1-3H3/b22-15+. The lowest BCUT2D eigenvalue weighted by Crippen LogP contribution is -2.27. The average molecular weight is 479 g/mol. The Morgan fingerprint density at radius 2 is 1.91 bits per heavy atom. The molecule has 0 atom stereocenters. The lowest BCUT2D eigenvalue weighted by molar-refractivity contribution is -0.113. The summed E-state index contributed by atoms with van der Waals surface area (Å²) in [6.45, 7) is 2.08. The van der Waals surface area contributed by atoms with Gasteiger partial charge in [-0.25, -0.2) is 4.79 Å². The zero-order valence-corrected chi connectivity index (χ0v) is 20.0. The Hall–Kier alpha value is -3.36. The smallest absolute Gasteiger partial charge is 0.338 e. The number of thioether (sulfide) groups is 1. The van der Waals surface area contributed by atoms with E-state index >= 15 is 0 Å². The van der Waals surface area contributed by atoms with E-state index in [1.54, 1.807) is 43.3 Å². The van der Waals surface area contributed by atoms with Crippen molar-refractivity contribution in [2.45, 2.75) is 6.92 Å². The van der Waals surface area contributed by atoms with E-state index in [9.17, 15) is 9.59 Å². The molecule has 4 rings (SSSR count). The van der Waals surface area contributed by atoms with E-state index in [-0.39, 0.29) is 11.9 Å². The summed E-state index contributed by atoms with van der Waals surface area (Å²) in [7, 11) is 3.92. The Kier molecular flexibility index (Phi) is 6.67. The van der Waals surface area contributed by atoms with Crippen LogP contribution in [0.4, 0.5) is 11.4 Å². The monoisotopic (exact) mass is 478 g/mol. The topological polar surface area (TPSA) is 63.0 Å². The van der Waals surface area contributed by atoms with E-state index in [0.29, 0.717) is 32.9 Å². The van der Waals surface area contributed by atoms with Gasteiger partial charge in [-0.2, -0.15) is 0 Å². The van der Waals surface area contributed by atoms with Crippen molar-refractivity contribution in [3.63, 3.8) is 0 Å². The Labute approximate surface area is 201 Å². The van der Waals surface area contributed by atoms with Crippen LogP contribution >= 0.6 is 24.0 Å². The van der Waals surface area contributed by atoms with Crippen LogP contribution in [0, 0.1) is 0 Å². The minimum atomic E-state index is -0.381. The highest BCUT2D eigenvalue weighted by Gasteiger charge is 2.33. The molecule has 0 spiro atoms. The number of amides is 1. The number of benzene rings is 2. The number of furan rings is 1. The van der Waals surface area contributed by atoms with Gasteiger partial charge in [0.2, 0.25) is 0 Å². The molecule has 2 heterocycles. The first-order valence-electron chi connectivity index (χ1n) is 10.3. The SMILES string of the molecule is CCOC(=O)c1cccc(-c2ccc(/C=C3/SC(=S)N(c4ccc(N(C)C)cc4)C3=O)o2)c1. The molecule has 1 saturated heterocycles. The Morgan fingerprint density at radius 3 is 2.61 bits per heavy atom. The molecule has 0 N–H and O–H groups in total. The predicted molar refractivity (Wildman–Crippen MR) is 137 cm³/mol. The first-order valence-corrected chi connectivity index (χ1v) is 11.5. The molecule has 0 bridgehead atoms. The summed E-state index contributed by atoms with van der Waals surface area (Å²) in [6, 6.07) is 18.3. The van der Waals surface area contributed by atoms with Crippen molar-refractivity contribution in [2.24, 2.45) is 0 Å². The quantitative estimate of drug-likeness (QED) is 0.260. The minimum Gasteiger partial charge on any atom is -0.462 e. The number of thiocarbonyl (C=S) groups is 1. The van der Waals surface area contributed by atoms with Gasteiger partial charge in [-0.3, -0.25) is 9.69 Å². The van der Waals surface area contributed by atoms with E-state index in [4.69, 9.17) is 21.4 Å². The average Bonchev–Trinajstić information content (AvgIpc) is 3.38. The van der Waals surface area contributed by atoms with Crippen molar-refractivity contribution in [2.75, 3.05) is 30.5 Å². The summed E-state index contributed by atoms with van der Waals surface area (Å²) >= 11 is 6.70. The molecule has 3 aromatic rings. The van der Waals surface area contributed by atoms with Crippen molar-refractivity contribution < 1.29 is 18.7 Å². The summed E-state index contributed by atoms with van der Waals surface area (Å²) in [5.41, 5.74) is 2.96. The second-order valence-electron chi connectivity index (χ2n) is 7.43. The van der Waals surface area contributed by atoms with Crippen molar-refractivity contribution in [1.29, 1.82) is 0 Å². The summed E-state index contributed by atoms with van der Waals surface area (Å²) in [4.78, 5) is 29.1. The van der Waals surface area contributed by atoms with Crippen LogP contribution in [0.3, 0.4) is 0 Å². The molecule has 1 aromatic heterocycles. The van der Waals surface area contributed by atoms with Gasteiger partial charge in [-0.1, -0.05) is 36.1 Å². The third kappa shape index (κ3) is 4.86. The number of anilines is 2. The van der Waals surface area contributed by atoms with Crippen molar-refractivity contribution in [3.05, 3.63) is 76.9 Å². The number of rotatable bonds is 6. The van der Waals surface area contributed by atoms with E-state index < -0.39 is 0 Å². The van der Waals surface area contributed by atoms with Crippen molar-refractivity contribution >= 4 is 57.6 Å². The number of nitrogens with zero attached hydrogens (tertiary/aromatic N) is 2.